The van der Waals surface area contributed by atoms with Gasteiger partial charge in [0.15, 0.2) is 56.3 Å². The van der Waals surface area contributed by atoms with Gasteiger partial charge in [-0.1, -0.05) is 114 Å². The van der Waals surface area contributed by atoms with Crippen LogP contribution in [0.15, 0.2) is 311 Å². The molecule has 0 saturated heterocycles. The van der Waals surface area contributed by atoms with Gasteiger partial charge in [-0.3, -0.25) is 62.4 Å². The van der Waals surface area contributed by atoms with Crippen LogP contribution in [0.5, 0.6) is 0 Å². The van der Waals surface area contributed by atoms with Crippen LogP contribution in [-0.2, 0) is 84.2 Å². The van der Waals surface area contributed by atoms with Crippen LogP contribution >= 0.6 is 11.3 Å². The summed E-state index contributed by atoms with van der Waals surface area (Å²) >= 11 is 1.59. The van der Waals surface area contributed by atoms with Gasteiger partial charge in [-0.25, -0.2) is 74.0 Å². The molecule has 0 fully saturated rings. The molecule has 0 aliphatic heterocycles. The normalized spacial score (nSPS) is 11.7. The minimum atomic E-state index is -4.45. The number of H-pyrrole nitrogens is 4. The van der Waals surface area contributed by atoms with E-state index in [0.717, 1.165) is 102 Å². The van der Waals surface area contributed by atoms with Gasteiger partial charge in [-0.05, 0) is 136 Å². The maximum Gasteiger partial charge on any atom is 0.417 e. The largest absolute Gasteiger partial charge is 0.417 e. The van der Waals surface area contributed by atoms with Crippen molar-refractivity contribution in [2.45, 2.75) is 119 Å². The summed E-state index contributed by atoms with van der Waals surface area (Å²) < 4.78 is 64.9. The van der Waals surface area contributed by atoms with E-state index in [1.165, 1.54) is 24.3 Å². The predicted molar refractivity (Wildman–Crippen MR) is 544 cm³/mol. The molecule has 0 radical (unpaired) electrons. The summed E-state index contributed by atoms with van der Waals surface area (Å²) in [5.41, 5.74) is 12.2. The fourth-order valence-electron chi connectivity index (χ4n) is 17.9. The van der Waals surface area contributed by atoms with Crippen LogP contribution in [-0.4, -0.2) is 144 Å². The van der Waals surface area contributed by atoms with Crippen molar-refractivity contribution >= 4 is 78.6 Å². The number of imidazole rings is 8. The van der Waals surface area contributed by atoms with Gasteiger partial charge in [-0.2, -0.15) is 18.2 Å². The molecular weight excluding hydrogens is 1900 g/mol. The first-order chi connectivity index (χ1) is 71.4. The van der Waals surface area contributed by atoms with E-state index in [1.54, 1.807) is 66.5 Å². The Bertz CT molecular complexity index is 9460. The zero-order valence-corrected chi connectivity index (χ0v) is 80.0. The van der Waals surface area contributed by atoms with E-state index < -0.39 is 56.7 Å². The lowest BCUT2D eigenvalue weighted by Crippen LogP contribution is -2.30. The number of fused-ring (bicyclic) bond motifs is 8. The third kappa shape index (κ3) is 19.3. The summed E-state index contributed by atoms with van der Waals surface area (Å²) in [6.07, 6.45) is 18.5. The van der Waals surface area contributed by atoms with Crippen LogP contribution in [0.3, 0.4) is 0 Å². The molecule has 20 aromatic heterocycles. The molecule has 24 rings (SSSR count). The Labute approximate surface area is 830 Å². The summed E-state index contributed by atoms with van der Waals surface area (Å²) in [4.78, 5) is 170. The van der Waals surface area contributed by atoms with E-state index >= 15 is 0 Å². The van der Waals surface area contributed by atoms with E-state index in [4.69, 9.17) is 34.4 Å². The van der Waals surface area contributed by atoms with E-state index in [2.05, 4.69) is 60.0 Å². The van der Waals surface area contributed by atoms with Gasteiger partial charge in [0.2, 0.25) is 0 Å². The fourth-order valence-corrected chi connectivity index (χ4v) is 18.6. The Morgan fingerprint density at radius 1 is 0.340 bits per heavy atom. The third-order valence-corrected chi connectivity index (χ3v) is 25.8. The molecule has 24 aromatic rings. The minimum Gasteiger partial charge on any atom is -0.334 e. The van der Waals surface area contributed by atoms with Gasteiger partial charge in [0, 0.05) is 180 Å². The molecule has 0 saturated carbocycles. The molecule has 0 aliphatic rings. The lowest BCUT2D eigenvalue weighted by atomic mass is 10.1. The van der Waals surface area contributed by atoms with Crippen molar-refractivity contribution in [2.75, 3.05) is 0 Å². The number of hydrogen-bond donors (Lipinski definition) is 4. The number of halogens is 3. The molecule has 0 unspecified atom stereocenters. The van der Waals surface area contributed by atoms with Crippen LogP contribution in [0.1, 0.15) is 107 Å². The molecule has 43 heteroatoms. The van der Waals surface area contributed by atoms with Gasteiger partial charge in [0.05, 0.1) is 34.0 Å². The number of aryl methyl sites for hydroxylation is 5. The Morgan fingerprint density at radius 3 is 0.966 bits per heavy atom. The van der Waals surface area contributed by atoms with Crippen molar-refractivity contribution in [1.82, 2.24) is 144 Å². The molecule has 0 aliphatic carbocycles. The van der Waals surface area contributed by atoms with Crippen molar-refractivity contribution in [2.24, 2.45) is 0 Å². The van der Waals surface area contributed by atoms with Crippen molar-refractivity contribution in [3.63, 3.8) is 0 Å². The maximum absolute atomic E-state index is 13.0. The molecule has 0 spiro atoms. The van der Waals surface area contributed by atoms with Crippen LogP contribution < -0.4 is 45.0 Å². The summed E-state index contributed by atoms with van der Waals surface area (Å²) in [5, 5.41) is 6.75. The number of aromatic amines is 4. The summed E-state index contributed by atoms with van der Waals surface area (Å²) in [7, 11) is 0. The second-order valence-electron chi connectivity index (χ2n) is 34.4. The quantitative estimate of drug-likeness (QED) is 0.0436. The first-order valence-corrected chi connectivity index (χ1v) is 47.8. The van der Waals surface area contributed by atoms with Crippen molar-refractivity contribution in [3.8, 4) is 44.7 Å². The molecule has 0 bridgehead atoms. The highest BCUT2D eigenvalue weighted by atomic mass is 32.1. The monoisotopic (exact) mass is 1990 g/mol. The van der Waals surface area contributed by atoms with Crippen LogP contribution in [0.2, 0.25) is 0 Å². The average molecular weight is 1990 g/mol. The summed E-state index contributed by atoms with van der Waals surface area (Å²) in [6, 6.07) is 58.1. The van der Waals surface area contributed by atoms with Crippen molar-refractivity contribution in [3.05, 3.63) is 431 Å². The number of nitrogens with zero attached hydrogens (tertiary/aromatic N) is 26. The third-order valence-electron chi connectivity index (χ3n) is 25.0. The van der Waals surface area contributed by atoms with Crippen LogP contribution in [0.25, 0.3) is 112 Å². The zero-order valence-electron chi connectivity index (χ0n) is 79.2. The number of pyridine rings is 5. The summed E-state index contributed by atoms with van der Waals surface area (Å²) in [5.74, 6) is 4.19. The number of rotatable bonds is 24. The molecule has 4 N–H and O–H groups in total. The lowest BCUT2D eigenvalue weighted by Gasteiger charge is -2.10. The Kier molecular flexibility index (Phi) is 25.6. The second-order valence-corrected chi connectivity index (χ2v) is 35.3. The number of aromatic nitrogens is 30. The number of thiazole rings is 1. The van der Waals surface area contributed by atoms with E-state index in [9.17, 15) is 51.5 Å². The Balaban J connectivity index is 0.000000115. The van der Waals surface area contributed by atoms with Crippen molar-refractivity contribution in [1.29, 1.82) is 0 Å². The highest BCUT2D eigenvalue weighted by molar-refractivity contribution is 7.13. The molecule has 734 valence electrons. The molecule has 39 nitrogen and oxygen atoms in total. The van der Waals surface area contributed by atoms with E-state index in [1.807, 2.05) is 265 Å². The summed E-state index contributed by atoms with van der Waals surface area (Å²) in [6.45, 7) is 12.1. The second kappa shape index (κ2) is 39.8. The average Bonchev–Trinajstić information content (AvgIpc) is 1.60. The Morgan fingerprint density at radius 2 is 0.673 bits per heavy atom. The van der Waals surface area contributed by atoms with Crippen LogP contribution in [0.4, 0.5) is 13.2 Å². The van der Waals surface area contributed by atoms with Gasteiger partial charge in [-0.15, -0.1) is 11.3 Å². The highest BCUT2D eigenvalue weighted by Gasteiger charge is 2.32. The molecule has 4 aromatic carbocycles. The van der Waals surface area contributed by atoms with Gasteiger partial charge in [0.25, 0.3) is 28.1 Å². The van der Waals surface area contributed by atoms with Gasteiger partial charge < -0.3 is 40.4 Å². The van der Waals surface area contributed by atoms with E-state index in [-0.39, 0.29) is 12.1 Å². The predicted octanol–water partition coefficient (Wildman–Crippen LogP) is 12.8. The highest BCUT2D eigenvalue weighted by Crippen LogP contribution is 2.33. The molecule has 0 atom stereocenters. The number of hydrogen-bond acceptors (Lipinski definition) is 24. The van der Waals surface area contributed by atoms with Gasteiger partial charge in [0.1, 0.15) is 50.9 Å². The smallest absolute Gasteiger partial charge is 0.334 e. The Hall–Kier alpha value is -19.0. The molecular formula is C104H87F3N30O9S. The number of alkyl halides is 3. The maximum atomic E-state index is 13.0. The fraction of sp³-hybridized carbons (Fsp3) is 0.173. The lowest BCUT2D eigenvalue weighted by molar-refractivity contribution is -0.137. The molecule has 147 heavy (non-hydrogen) atoms. The number of nitrogens with one attached hydrogen (secondary N) is 4. The van der Waals surface area contributed by atoms with Crippen molar-refractivity contribution < 1.29 is 17.7 Å². The SMILES string of the molecule is CCn1c(=O)[nH]c(=O)c2c1nc(Cc1cn3ccccc3n1)n2Cc1ccc(-c2ccc(C(F)(F)F)cn2)cc1.CCn1c(=O)[nH]c(=O)c2c1nc(Cc1cn3ccccc3n1)n2Cc1ccc(-c2nc(C)no2)cc1.CCn1c(=O)[nH]c(=O)c2c1nc(Cc1cn3ccccc3n1)n2Cc1ccc(-c2ncccn2)cc1.CCn1c(=O)[nH]c(=O)c2c1nc(Cc1cn3ccccc3n1)n2Cc1ccc(-c2nccs2)cc1. The van der Waals surface area contributed by atoms with Crippen LogP contribution in [0, 0.1) is 6.92 Å². The molecule has 20 heterocycles. The minimum absolute atomic E-state index is 0.269. The standard InChI is InChI=1S/C28H22F3N7O2.C26H22N8O2.C25H22N8O3.C25H21N7O2S/c1-2-37-25-24(26(39)35-27(37)40)38(23(34-25)13-20-16-36-12-4-3-5-22(36)33-20)15-17-6-8-18(9-7-17)21-11-10-19(14-32-21)28(29,30)31;1-2-33-24-22(25(35)31-26(33)36)34(15-17-7-9-18(10-8-17)23-27-11-5-12-28-23)21(30-24)14-19-16-32-13-4-3-6-20(32)29-19;1-3-32-22-21(23(34)29-25(32)35)33(13-16-7-9-17(10-8-16)24-26-15(2)30-36-24)20(28-22)12-18-14-31-11-5-4-6-19(31)27-18;1-2-31-22-21(23(33)29-25(31)34)32(14-16-6-8-17(9-7-16)24-26-10-12-35-24)20(28-22)13-18-15-30-11-4-3-5-19(30)27-18/h3-12,14,16H,2,13,15H2,1H3,(H,35,39,40);3-13,16H,2,14-15H2,1H3,(H,31,35,36);4-11,14H,3,12-13H2,1-2H3,(H,29,34,35);3-12,15H,2,13-14H2,1H3,(H,29,33,34). The topological polar surface area (TPSA) is 450 Å². The van der Waals surface area contributed by atoms with E-state index in [0.29, 0.717) is 163 Å². The first-order valence-electron chi connectivity index (χ1n) is 46.9. The zero-order chi connectivity index (χ0) is 101. The molecule has 0 amide bonds. The first kappa shape index (κ1) is 94.3. The van der Waals surface area contributed by atoms with Gasteiger partial charge >= 0.3 is 28.9 Å². The number of benzene rings is 4.